The molecule has 0 spiro atoms. The number of hydrogen-bond donors (Lipinski definition) is 2. The Bertz CT molecular complexity index is 740. The maximum atomic E-state index is 12.1. The van der Waals surface area contributed by atoms with Crippen LogP contribution in [-0.4, -0.2) is 32.6 Å². The summed E-state index contributed by atoms with van der Waals surface area (Å²) in [4.78, 5) is 24.4. The fourth-order valence-electron chi connectivity index (χ4n) is 2.06. The molecule has 0 radical (unpaired) electrons. The minimum atomic E-state index is -3.85. The number of sulfonamides is 1. The van der Waals surface area contributed by atoms with Gasteiger partial charge in [0.1, 0.15) is 0 Å². The van der Waals surface area contributed by atoms with E-state index >= 15 is 0 Å². The molecule has 2 N–H and O–H groups in total. The Hall–Kier alpha value is -2.42. The first-order valence-electron chi connectivity index (χ1n) is 6.90. The molecule has 23 heavy (non-hydrogen) atoms. The SMILES string of the molecule is CC(=O)Nc1ccc(S(=O)(=O)N/N=C(\C)C2CCOC2=O)cc1. The Morgan fingerprint density at radius 3 is 2.43 bits per heavy atom. The number of rotatable bonds is 5. The molecule has 124 valence electrons. The number of cyclic esters (lactones) is 1. The average molecular weight is 339 g/mol. The number of ether oxygens (including phenoxy) is 1. The van der Waals surface area contributed by atoms with Gasteiger partial charge in [-0.3, -0.25) is 9.59 Å². The molecule has 1 amide bonds. The zero-order valence-electron chi connectivity index (χ0n) is 12.7. The molecule has 8 nitrogen and oxygen atoms in total. The molecule has 2 rings (SSSR count). The quantitative estimate of drug-likeness (QED) is 0.469. The lowest BCUT2D eigenvalue weighted by Crippen LogP contribution is -2.24. The predicted molar refractivity (Wildman–Crippen MR) is 83.2 cm³/mol. The van der Waals surface area contributed by atoms with Crippen molar-refractivity contribution >= 4 is 33.3 Å². The van der Waals surface area contributed by atoms with Crippen molar-refractivity contribution in [1.82, 2.24) is 4.83 Å². The topological polar surface area (TPSA) is 114 Å². The first-order chi connectivity index (χ1) is 10.8. The summed E-state index contributed by atoms with van der Waals surface area (Å²) in [5.74, 6) is -1.16. The highest BCUT2D eigenvalue weighted by Crippen LogP contribution is 2.17. The van der Waals surface area contributed by atoms with Crippen molar-refractivity contribution in [3.63, 3.8) is 0 Å². The molecule has 1 saturated heterocycles. The van der Waals surface area contributed by atoms with Gasteiger partial charge in [-0.15, -0.1) is 0 Å². The van der Waals surface area contributed by atoms with Crippen LogP contribution in [-0.2, 0) is 24.3 Å². The van der Waals surface area contributed by atoms with Crippen molar-refractivity contribution in [3.05, 3.63) is 24.3 Å². The third-order valence-corrected chi connectivity index (χ3v) is 4.49. The Balaban J connectivity index is 2.09. The fourth-order valence-corrected chi connectivity index (χ4v) is 2.92. The molecule has 1 aliphatic rings. The van der Waals surface area contributed by atoms with E-state index in [2.05, 4.69) is 15.2 Å². The number of hydrazone groups is 1. The van der Waals surface area contributed by atoms with Crippen LogP contribution in [0.25, 0.3) is 0 Å². The van der Waals surface area contributed by atoms with Gasteiger partial charge < -0.3 is 10.1 Å². The minimum Gasteiger partial charge on any atom is -0.465 e. The second-order valence-corrected chi connectivity index (χ2v) is 6.72. The molecule has 0 aliphatic carbocycles. The van der Waals surface area contributed by atoms with Crippen molar-refractivity contribution in [3.8, 4) is 0 Å². The summed E-state index contributed by atoms with van der Waals surface area (Å²) in [5.41, 5.74) is 0.843. The number of nitrogens with zero attached hydrogens (tertiary/aromatic N) is 1. The smallest absolute Gasteiger partial charge is 0.314 e. The molecule has 1 fully saturated rings. The Kier molecular flexibility index (Phi) is 4.99. The fraction of sp³-hybridized carbons (Fsp3) is 0.357. The summed E-state index contributed by atoms with van der Waals surface area (Å²) in [5, 5.41) is 6.33. The number of nitrogens with one attached hydrogen (secondary N) is 2. The first kappa shape index (κ1) is 16.9. The van der Waals surface area contributed by atoms with E-state index in [1.165, 1.54) is 31.2 Å². The van der Waals surface area contributed by atoms with Gasteiger partial charge >= 0.3 is 5.97 Å². The van der Waals surface area contributed by atoms with Crippen molar-refractivity contribution in [2.75, 3.05) is 11.9 Å². The molecule has 0 saturated carbocycles. The molecular weight excluding hydrogens is 322 g/mol. The molecule has 1 aromatic carbocycles. The van der Waals surface area contributed by atoms with Crippen LogP contribution in [0.5, 0.6) is 0 Å². The molecule has 0 bridgehead atoms. The maximum Gasteiger partial charge on any atom is 0.314 e. The summed E-state index contributed by atoms with van der Waals surface area (Å²) in [6.07, 6.45) is 0.487. The zero-order valence-corrected chi connectivity index (χ0v) is 13.5. The number of anilines is 1. The highest BCUT2D eigenvalue weighted by Gasteiger charge is 2.29. The van der Waals surface area contributed by atoms with Gasteiger partial charge in [0.15, 0.2) is 0 Å². The molecule has 1 atom stereocenters. The number of esters is 1. The summed E-state index contributed by atoms with van der Waals surface area (Å²) in [6.45, 7) is 3.24. The zero-order chi connectivity index (χ0) is 17.0. The van der Waals surface area contributed by atoms with E-state index in [-0.39, 0.29) is 10.8 Å². The minimum absolute atomic E-state index is 0.00264. The number of benzene rings is 1. The predicted octanol–water partition coefficient (Wildman–Crippen LogP) is 0.862. The maximum absolute atomic E-state index is 12.1. The third kappa shape index (κ3) is 4.28. The van der Waals surface area contributed by atoms with E-state index in [1.807, 2.05) is 0 Å². The molecule has 1 unspecified atom stereocenters. The molecule has 9 heteroatoms. The molecular formula is C14H17N3O5S. The van der Waals surface area contributed by atoms with Gasteiger partial charge in [-0.1, -0.05) is 0 Å². The summed E-state index contributed by atoms with van der Waals surface area (Å²) >= 11 is 0. The second-order valence-electron chi connectivity index (χ2n) is 5.06. The number of carbonyl (C=O) groups is 2. The van der Waals surface area contributed by atoms with Crippen molar-refractivity contribution < 1.29 is 22.7 Å². The second kappa shape index (κ2) is 6.78. The first-order valence-corrected chi connectivity index (χ1v) is 8.38. The van der Waals surface area contributed by atoms with E-state index in [9.17, 15) is 18.0 Å². The van der Waals surface area contributed by atoms with Gasteiger partial charge in [-0.25, -0.2) is 4.83 Å². The van der Waals surface area contributed by atoms with Gasteiger partial charge in [-0.05, 0) is 31.2 Å². The van der Waals surface area contributed by atoms with E-state index in [0.29, 0.717) is 24.4 Å². The van der Waals surface area contributed by atoms with Gasteiger partial charge in [0, 0.05) is 19.0 Å². The van der Waals surface area contributed by atoms with Crippen LogP contribution in [0.3, 0.4) is 0 Å². The van der Waals surface area contributed by atoms with Gasteiger partial charge in [0.2, 0.25) is 5.91 Å². The van der Waals surface area contributed by atoms with E-state index in [1.54, 1.807) is 6.92 Å². The van der Waals surface area contributed by atoms with Gasteiger partial charge in [0.05, 0.1) is 23.1 Å². The van der Waals surface area contributed by atoms with Crippen LogP contribution in [0.1, 0.15) is 20.3 Å². The van der Waals surface area contributed by atoms with E-state index in [0.717, 1.165) is 0 Å². The molecule has 1 heterocycles. The van der Waals surface area contributed by atoms with Crippen LogP contribution in [0.15, 0.2) is 34.3 Å². The van der Waals surface area contributed by atoms with Crippen LogP contribution < -0.4 is 10.1 Å². The number of carbonyl (C=O) groups excluding carboxylic acids is 2. The third-order valence-electron chi connectivity index (χ3n) is 3.27. The average Bonchev–Trinajstić information content (AvgIpc) is 2.91. The van der Waals surface area contributed by atoms with Crippen molar-refractivity contribution in [2.24, 2.45) is 11.0 Å². The van der Waals surface area contributed by atoms with Crippen molar-refractivity contribution in [2.45, 2.75) is 25.2 Å². The summed E-state index contributed by atoms with van der Waals surface area (Å²) < 4.78 is 29.1. The van der Waals surface area contributed by atoms with Crippen molar-refractivity contribution in [1.29, 1.82) is 0 Å². The van der Waals surface area contributed by atoms with E-state index < -0.39 is 21.9 Å². The monoisotopic (exact) mass is 339 g/mol. The van der Waals surface area contributed by atoms with Gasteiger partial charge in [-0.2, -0.15) is 13.5 Å². The summed E-state index contributed by atoms with van der Waals surface area (Å²) in [7, 11) is -3.85. The molecule has 1 aliphatic heterocycles. The molecule has 1 aromatic rings. The van der Waals surface area contributed by atoms with Crippen LogP contribution in [0, 0.1) is 5.92 Å². The highest BCUT2D eigenvalue weighted by atomic mass is 32.2. The Morgan fingerprint density at radius 1 is 1.26 bits per heavy atom. The normalized spacial score (nSPS) is 18.4. The van der Waals surface area contributed by atoms with E-state index in [4.69, 9.17) is 4.74 Å². The lowest BCUT2D eigenvalue weighted by atomic mass is 10.0. The van der Waals surface area contributed by atoms with Crippen LogP contribution in [0.2, 0.25) is 0 Å². The molecule has 0 aromatic heterocycles. The summed E-state index contributed by atoms with van der Waals surface area (Å²) in [6, 6.07) is 5.65. The van der Waals surface area contributed by atoms with Gasteiger partial charge in [0.25, 0.3) is 10.0 Å². The van der Waals surface area contributed by atoms with Crippen LogP contribution >= 0.6 is 0 Å². The Morgan fingerprint density at radius 2 is 1.91 bits per heavy atom. The van der Waals surface area contributed by atoms with Crippen LogP contribution in [0.4, 0.5) is 5.69 Å². The number of hydrogen-bond acceptors (Lipinski definition) is 6. The highest BCUT2D eigenvalue weighted by molar-refractivity contribution is 7.89. The number of amides is 1. The largest absolute Gasteiger partial charge is 0.465 e. The lowest BCUT2D eigenvalue weighted by Gasteiger charge is -2.08. The Labute approximate surface area is 134 Å². The lowest BCUT2D eigenvalue weighted by molar-refractivity contribution is -0.139. The standard InChI is InChI=1S/C14H17N3O5S/c1-9(13-7-8-22-14(13)19)16-17-23(20,21)12-5-3-11(4-6-12)15-10(2)18/h3-6,13,17H,7-8H2,1-2H3,(H,15,18)/b16-9+.